The van der Waals surface area contributed by atoms with Gasteiger partial charge in [0.05, 0.1) is 17.1 Å². The van der Waals surface area contributed by atoms with Crippen LogP contribution in [0.2, 0.25) is 0 Å². The number of fused-ring (bicyclic) bond motifs is 2. The maximum absolute atomic E-state index is 10.7. The van der Waals surface area contributed by atoms with E-state index >= 15 is 0 Å². The Morgan fingerprint density at radius 1 is 1.12 bits per heavy atom. The quantitative estimate of drug-likeness (QED) is 0.607. The lowest BCUT2D eigenvalue weighted by molar-refractivity contribution is -0.384. The van der Waals surface area contributed by atoms with Crippen molar-refractivity contribution in [1.29, 1.82) is 0 Å². The lowest BCUT2D eigenvalue weighted by atomic mass is 9.84. The van der Waals surface area contributed by atoms with Gasteiger partial charge in [-0.25, -0.2) is 0 Å². The number of piperidine rings is 1. The zero-order chi connectivity index (χ0) is 18.0. The summed E-state index contributed by atoms with van der Waals surface area (Å²) in [5.41, 5.74) is 2.66. The Bertz CT molecular complexity index is 783. The summed E-state index contributed by atoms with van der Waals surface area (Å²) in [5.74, 6) is 0.664. The maximum atomic E-state index is 10.7. The molecule has 4 rings (SSSR count). The third-order valence-electron chi connectivity index (χ3n) is 5.40. The number of benzene rings is 2. The van der Waals surface area contributed by atoms with Gasteiger partial charge in [-0.15, -0.1) is 0 Å². The van der Waals surface area contributed by atoms with Crippen molar-refractivity contribution in [3.63, 3.8) is 0 Å². The molecule has 1 saturated heterocycles. The normalized spacial score (nSPS) is 18.6. The van der Waals surface area contributed by atoms with E-state index in [0.717, 1.165) is 39.1 Å². The van der Waals surface area contributed by atoms with E-state index in [1.54, 1.807) is 12.1 Å². The summed E-state index contributed by atoms with van der Waals surface area (Å²) in [6, 6.07) is 14.8. The fraction of sp³-hybridized carbons (Fsp3) is 0.400. The van der Waals surface area contributed by atoms with E-state index in [9.17, 15) is 10.1 Å². The van der Waals surface area contributed by atoms with Crippen molar-refractivity contribution in [3.05, 3.63) is 69.8 Å². The van der Waals surface area contributed by atoms with Crippen molar-refractivity contribution in [2.24, 2.45) is 0 Å². The predicted octanol–water partition coefficient (Wildman–Crippen LogP) is 3.50. The van der Waals surface area contributed by atoms with Crippen LogP contribution in [-0.2, 0) is 16.9 Å². The molecule has 0 atom stereocenters. The van der Waals surface area contributed by atoms with Crippen LogP contribution in [0.3, 0.4) is 0 Å². The predicted molar refractivity (Wildman–Crippen MR) is 97.2 cm³/mol. The second kappa shape index (κ2) is 7.05. The molecular weight excluding hydrogens is 332 g/mol. The van der Waals surface area contributed by atoms with E-state index in [-0.39, 0.29) is 11.3 Å². The molecule has 0 N–H and O–H groups in total. The highest BCUT2D eigenvalue weighted by Crippen LogP contribution is 2.43. The molecule has 26 heavy (non-hydrogen) atoms. The van der Waals surface area contributed by atoms with E-state index in [4.69, 9.17) is 9.47 Å². The number of nitro groups is 1. The topological polar surface area (TPSA) is 64.8 Å². The number of non-ortho nitro benzene ring substituents is 1. The summed E-state index contributed by atoms with van der Waals surface area (Å²) >= 11 is 0. The van der Waals surface area contributed by atoms with Crippen molar-refractivity contribution in [2.45, 2.75) is 25.0 Å². The lowest BCUT2D eigenvalue weighted by Gasteiger charge is -2.39. The molecular formula is C20H22N2O4. The number of nitrogens with zero attached hydrogens (tertiary/aromatic N) is 2. The number of hydrogen-bond acceptors (Lipinski definition) is 5. The fourth-order valence-electron chi connectivity index (χ4n) is 3.89. The molecule has 0 radical (unpaired) electrons. The van der Waals surface area contributed by atoms with Gasteiger partial charge in [0, 0.05) is 31.8 Å². The van der Waals surface area contributed by atoms with E-state index in [1.807, 2.05) is 0 Å². The highest BCUT2D eigenvalue weighted by atomic mass is 16.6. The Labute approximate surface area is 152 Å². The standard InChI is InChI=1S/C20H22N2O4/c23-22(24)17-5-7-18(8-6-17)25-14-13-21-11-9-20(10-12-21)19-4-2-1-3-16(19)15-26-20/h1-8H,9-15H2. The zero-order valence-electron chi connectivity index (χ0n) is 14.6. The van der Waals surface area contributed by atoms with Gasteiger partial charge in [-0.1, -0.05) is 24.3 Å². The summed E-state index contributed by atoms with van der Waals surface area (Å²) in [6.07, 6.45) is 2.00. The van der Waals surface area contributed by atoms with Gasteiger partial charge in [0.2, 0.25) is 0 Å². The molecule has 1 fully saturated rings. The monoisotopic (exact) mass is 354 g/mol. The molecule has 2 aromatic carbocycles. The van der Waals surface area contributed by atoms with Crippen LogP contribution in [0, 0.1) is 10.1 Å². The lowest BCUT2D eigenvalue weighted by Crippen LogP contribution is -2.43. The largest absolute Gasteiger partial charge is 0.492 e. The van der Waals surface area contributed by atoms with Crippen molar-refractivity contribution < 1.29 is 14.4 Å². The minimum Gasteiger partial charge on any atom is -0.492 e. The van der Waals surface area contributed by atoms with Crippen LogP contribution in [0.1, 0.15) is 24.0 Å². The second-order valence-electron chi connectivity index (χ2n) is 6.88. The van der Waals surface area contributed by atoms with E-state index < -0.39 is 4.92 Å². The van der Waals surface area contributed by atoms with Gasteiger partial charge >= 0.3 is 0 Å². The SMILES string of the molecule is O=[N+]([O-])c1ccc(OCCN2CCC3(CC2)OCc2ccccc23)cc1. The van der Waals surface area contributed by atoms with Crippen LogP contribution >= 0.6 is 0 Å². The van der Waals surface area contributed by atoms with Crippen molar-refractivity contribution in [2.75, 3.05) is 26.2 Å². The number of hydrogen-bond donors (Lipinski definition) is 0. The van der Waals surface area contributed by atoms with Gasteiger partial charge in [-0.3, -0.25) is 15.0 Å². The highest BCUT2D eigenvalue weighted by molar-refractivity contribution is 5.36. The third-order valence-corrected chi connectivity index (χ3v) is 5.40. The first-order chi connectivity index (χ1) is 12.7. The summed E-state index contributed by atoms with van der Waals surface area (Å²) in [5, 5.41) is 10.7. The molecule has 0 saturated carbocycles. The molecule has 2 aliphatic heterocycles. The van der Waals surface area contributed by atoms with Gasteiger partial charge in [0.1, 0.15) is 12.4 Å². The van der Waals surface area contributed by atoms with E-state index in [1.165, 1.54) is 23.3 Å². The first-order valence-corrected chi connectivity index (χ1v) is 8.98. The Hall–Kier alpha value is -2.44. The zero-order valence-corrected chi connectivity index (χ0v) is 14.6. The van der Waals surface area contributed by atoms with Crippen LogP contribution in [0.15, 0.2) is 48.5 Å². The van der Waals surface area contributed by atoms with Crippen LogP contribution in [0.5, 0.6) is 5.75 Å². The van der Waals surface area contributed by atoms with Gasteiger partial charge in [0.15, 0.2) is 0 Å². The first kappa shape index (κ1) is 17.0. The summed E-state index contributed by atoms with van der Waals surface area (Å²) < 4.78 is 11.9. The van der Waals surface area contributed by atoms with Gasteiger partial charge in [-0.05, 0) is 36.1 Å². The Morgan fingerprint density at radius 2 is 1.85 bits per heavy atom. The Kier molecular flexibility index (Phi) is 4.61. The summed E-state index contributed by atoms with van der Waals surface area (Å²) in [4.78, 5) is 12.6. The number of nitro benzene ring substituents is 1. The van der Waals surface area contributed by atoms with E-state index in [0.29, 0.717) is 12.4 Å². The van der Waals surface area contributed by atoms with E-state index in [2.05, 4.69) is 29.2 Å². The van der Waals surface area contributed by atoms with Crippen molar-refractivity contribution in [3.8, 4) is 5.75 Å². The van der Waals surface area contributed by atoms with Gasteiger partial charge in [-0.2, -0.15) is 0 Å². The van der Waals surface area contributed by atoms with Crippen LogP contribution in [-0.4, -0.2) is 36.1 Å². The average Bonchev–Trinajstić information content (AvgIpc) is 3.03. The minimum atomic E-state index is -0.406. The minimum absolute atomic E-state index is 0.0792. The van der Waals surface area contributed by atoms with Crippen LogP contribution < -0.4 is 4.74 Å². The molecule has 2 heterocycles. The fourth-order valence-corrected chi connectivity index (χ4v) is 3.89. The molecule has 136 valence electrons. The molecule has 0 bridgehead atoms. The van der Waals surface area contributed by atoms with Gasteiger partial charge in [0.25, 0.3) is 5.69 Å². The number of likely N-dealkylation sites (tertiary alicyclic amines) is 1. The summed E-state index contributed by atoms with van der Waals surface area (Å²) in [7, 11) is 0. The van der Waals surface area contributed by atoms with Gasteiger partial charge < -0.3 is 9.47 Å². The number of ether oxygens (including phenoxy) is 2. The molecule has 6 heteroatoms. The highest BCUT2D eigenvalue weighted by Gasteiger charge is 2.42. The van der Waals surface area contributed by atoms with Crippen LogP contribution in [0.25, 0.3) is 0 Å². The maximum Gasteiger partial charge on any atom is 0.269 e. The van der Waals surface area contributed by atoms with Crippen LogP contribution in [0.4, 0.5) is 5.69 Å². The molecule has 6 nitrogen and oxygen atoms in total. The summed E-state index contributed by atoms with van der Waals surface area (Å²) in [6.45, 7) is 4.10. The Morgan fingerprint density at radius 3 is 2.58 bits per heavy atom. The molecule has 0 amide bonds. The molecule has 0 unspecified atom stereocenters. The third kappa shape index (κ3) is 3.30. The smallest absolute Gasteiger partial charge is 0.269 e. The molecule has 1 spiro atoms. The number of rotatable bonds is 5. The molecule has 0 aromatic heterocycles. The first-order valence-electron chi connectivity index (χ1n) is 8.98. The average molecular weight is 354 g/mol. The van der Waals surface area contributed by atoms with Crippen molar-refractivity contribution in [1.82, 2.24) is 4.90 Å². The molecule has 2 aromatic rings. The molecule has 2 aliphatic rings. The van der Waals surface area contributed by atoms with Crippen molar-refractivity contribution >= 4 is 5.69 Å². The Balaban J connectivity index is 1.27. The second-order valence-corrected chi connectivity index (χ2v) is 6.88. The molecule has 0 aliphatic carbocycles.